The van der Waals surface area contributed by atoms with E-state index in [0.29, 0.717) is 11.1 Å². The molecule has 0 amide bonds. The summed E-state index contributed by atoms with van der Waals surface area (Å²) in [5, 5.41) is 11.1. The molecule has 1 N–H and O–H groups in total. The van der Waals surface area contributed by atoms with Crippen LogP contribution < -0.4 is 0 Å². The van der Waals surface area contributed by atoms with Crippen molar-refractivity contribution in [2.45, 2.75) is 18.4 Å². The van der Waals surface area contributed by atoms with Gasteiger partial charge in [0.05, 0.1) is 13.5 Å². The Labute approximate surface area is 129 Å². The molecule has 0 heterocycles. The summed E-state index contributed by atoms with van der Waals surface area (Å²) in [7, 11) is 1.27. The lowest BCUT2D eigenvalue weighted by atomic mass is 9.81. The van der Waals surface area contributed by atoms with Crippen LogP contribution in [0.3, 0.4) is 0 Å². The zero-order valence-electron chi connectivity index (χ0n) is 12.4. The molecule has 0 aromatic heterocycles. The van der Waals surface area contributed by atoms with Gasteiger partial charge >= 0.3 is 5.97 Å². The van der Waals surface area contributed by atoms with E-state index in [1.165, 1.54) is 7.11 Å². The average molecular weight is 298 g/mol. The van der Waals surface area contributed by atoms with Gasteiger partial charge in [-0.3, -0.25) is 9.59 Å². The van der Waals surface area contributed by atoms with Crippen LogP contribution in [0.5, 0.6) is 0 Å². The first-order valence-corrected chi connectivity index (χ1v) is 7.02. The molecular formula is C18H18O4. The Balaban J connectivity index is 2.38. The van der Waals surface area contributed by atoms with Crippen LogP contribution in [-0.4, -0.2) is 24.0 Å². The Kier molecular flexibility index (Phi) is 5.07. The van der Waals surface area contributed by atoms with Gasteiger partial charge in [-0.2, -0.15) is 0 Å². The maximum atomic E-state index is 12.6. The molecule has 0 aliphatic rings. The number of ether oxygens (including phenoxy) is 1. The number of Topliss-reactive ketones (excluding diaryl/α,β-unsaturated/α-hetero) is 1. The average Bonchev–Trinajstić information content (AvgIpc) is 2.60. The Bertz CT molecular complexity index is 595. The summed E-state index contributed by atoms with van der Waals surface area (Å²) in [4.78, 5) is 23.9. The molecule has 0 fully saturated rings. The molecule has 0 atom stereocenters. The maximum Gasteiger partial charge on any atom is 0.305 e. The quantitative estimate of drug-likeness (QED) is 0.832. The fourth-order valence-electron chi connectivity index (χ4n) is 2.35. The highest BCUT2D eigenvalue weighted by molar-refractivity contribution is 5.93. The number of rotatable bonds is 6. The second kappa shape index (κ2) is 7.00. The molecule has 2 aromatic carbocycles. The van der Waals surface area contributed by atoms with Crippen molar-refractivity contribution in [3.63, 3.8) is 0 Å². The lowest BCUT2D eigenvalue weighted by Gasteiger charge is -2.27. The van der Waals surface area contributed by atoms with Gasteiger partial charge in [0.15, 0.2) is 11.4 Å². The van der Waals surface area contributed by atoms with Crippen LogP contribution in [0.4, 0.5) is 0 Å². The number of hydrogen-bond donors (Lipinski definition) is 1. The van der Waals surface area contributed by atoms with Gasteiger partial charge in [0, 0.05) is 6.42 Å². The lowest BCUT2D eigenvalue weighted by molar-refractivity contribution is -0.144. The van der Waals surface area contributed by atoms with E-state index < -0.39 is 17.4 Å². The lowest BCUT2D eigenvalue weighted by Crippen LogP contribution is -2.37. The molecular weight excluding hydrogens is 280 g/mol. The van der Waals surface area contributed by atoms with E-state index in [9.17, 15) is 14.7 Å². The van der Waals surface area contributed by atoms with Crippen LogP contribution in [0.2, 0.25) is 0 Å². The summed E-state index contributed by atoms with van der Waals surface area (Å²) < 4.78 is 4.55. The van der Waals surface area contributed by atoms with Crippen molar-refractivity contribution in [2.75, 3.05) is 7.11 Å². The third-order valence-electron chi connectivity index (χ3n) is 3.57. The smallest absolute Gasteiger partial charge is 0.305 e. The number of methoxy groups -OCH3 is 1. The highest BCUT2D eigenvalue weighted by Crippen LogP contribution is 2.32. The zero-order chi connectivity index (χ0) is 16.0. The first-order chi connectivity index (χ1) is 10.6. The van der Waals surface area contributed by atoms with Gasteiger partial charge in [0.1, 0.15) is 0 Å². The third kappa shape index (κ3) is 3.23. The SMILES string of the molecule is COC(=O)CCC(=O)C(O)(c1ccccc1)c1ccccc1. The zero-order valence-corrected chi connectivity index (χ0v) is 12.4. The minimum Gasteiger partial charge on any atom is -0.469 e. The Hall–Kier alpha value is -2.46. The first-order valence-electron chi connectivity index (χ1n) is 7.02. The maximum absolute atomic E-state index is 12.6. The van der Waals surface area contributed by atoms with E-state index in [2.05, 4.69) is 4.74 Å². The molecule has 4 nitrogen and oxygen atoms in total. The van der Waals surface area contributed by atoms with Gasteiger partial charge < -0.3 is 9.84 Å². The number of esters is 1. The molecule has 0 unspecified atom stereocenters. The molecule has 0 aliphatic heterocycles. The second-order valence-corrected chi connectivity index (χ2v) is 4.94. The molecule has 114 valence electrons. The van der Waals surface area contributed by atoms with Gasteiger partial charge in [-0.25, -0.2) is 0 Å². The summed E-state index contributed by atoms with van der Waals surface area (Å²) in [5.41, 5.74) is -0.802. The van der Waals surface area contributed by atoms with Crippen LogP contribution >= 0.6 is 0 Å². The van der Waals surface area contributed by atoms with Crippen molar-refractivity contribution < 1.29 is 19.4 Å². The Morgan fingerprint density at radius 2 is 1.36 bits per heavy atom. The third-order valence-corrected chi connectivity index (χ3v) is 3.57. The molecule has 0 aliphatic carbocycles. The standard InChI is InChI=1S/C18H18O4/c1-22-17(20)13-12-16(19)18(21,14-8-4-2-5-9-14)15-10-6-3-7-11-15/h2-11,21H,12-13H2,1H3. The van der Waals surface area contributed by atoms with Gasteiger partial charge in [0.2, 0.25) is 0 Å². The van der Waals surface area contributed by atoms with Crippen molar-refractivity contribution in [3.8, 4) is 0 Å². The van der Waals surface area contributed by atoms with Gasteiger partial charge in [-0.05, 0) is 11.1 Å². The van der Waals surface area contributed by atoms with Crippen LogP contribution in [0.1, 0.15) is 24.0 Å². The monoisotopic (exact) mass is 298 g/mol. The summed E-state index contributed by atoms with van der Waals surface area (Å²) in [6, 6.07) is 17.5. The van der Waals surface area contributed by atoms with Crippen molar-refractivity contribution in [1.82, 2.24) is 0 Å². The molecule has 0 bridgehead atoms. The minimum absolute atomic E-state index is 0.0582. The number of benzene rings is 2. The largest absolute Gasteiger partial charge is 0.469 e. The highest BCUT2D eigenvalue weighted by atomic mass is 16.5. The number of carbonyl (C=O) groups excluding carboxylic acids is 2. The van der Waals surface area contributed by atoms with Crippen LogP contribution in [0, 0.1) is 0 Å². The molecule has 4 heteroatoms. The van der Waals surface area contributed by atoms with E-state index in [1.807, 2.05) is 12.1 Å². The van der Waals surface area contributed by atoms with Gasteiger partial charge in [-0.1, -0.05) is 60.7 Å². The predicted molar refractivity (Wildman–Crippen MR) is 82.1 cm³/mol. The summed E-state index contributed by atoms with van der Waals surface area (Å²) >= 11 is 0. The number of carbonyl (C=O) groups is 2. The number of aliphatic hydroxyl groups is 1. The summed E-state index contributed by atoms with van der Waals surface area (Å²) in [5.74, 6) is -0.910. The summed E-state index contributed by atoms with van der Waals surface area (Å²) in [6.45, 7) is 0. The number of hydrogen-bond acceptors (Lipinski definition) is 4. The van der Waals surface area contributed by atoms with Crippen molar-refractivity contribution in [3.05, 3.63) is 71.8 Å². The Morgan fingerprint density at radius 1 is 0.909 bits per heavy atom. The normalized spacial score (nSPS) is 11.0. The first kappa shape index (κ1) is 15.9. The summed E-state index contributed by atoms with van der Waals surface area (Å²) in [6.07, 6.45) is -0.149. The van der Waals surface area contributed by atoms with E-state index in [-0.39, 0.29) is 12.8 Å². The van der Waals surface area contributed by atoms with Gasteiger partial charge in [0.25, 0.3) is 0 Å². The van der Waals surface area contributed by atoms with Crippen molar-refractivity contribution in [2.24, 2.45) is 0 Å². The Morgan fingerprint density at radius 3 is 1.77 bits per heavy atom. The van der Waals surface area contributed by atoms with Crippen LogP contribution in [0.15, 0.2) is 60.7 Å². The predicted octanol–water partition coefficient (Wildman–Crippen LogP) is 2.44. The number of ketones is 1. The molecule has 0 spiro atoms. The van der Waals surface area contributed by atoms with Crippen LogP contribution in [-0.2, 0) is 19.9 Å². The highest BCUT2D eigenvalue weighted by Gasteiger charge is 2.39. The molecule has 22 heavy (non-hydrogen) atoms. The van der Waals surface area contributed by atoms with Crippen LogP contribution in [0.25, 0.3) is 0 Å². The molecule has 0 saturated carbocycles. The second-order valence-electron chi connectivity index (χ2n) is 4.94. The molecule has 0 radical (unpaired) electrons. The minimum atomic E-state index is -1.77. The fraction of sp³-hybridized carbons (Fsp3) is 0.222. The fourth-order valence-corrected chi connectivity index (χ4v) is 2.35. The topological polar surface area (TPSA) is 63.6 Å². The van der Waals surface area contributed by atoms with Gasteiger partial charge in [-0.15, -0.1) is 0 Å². The van der Waals surface area contributed by atoms with E-state index >= 15 is 0 Å². The molecule has 0 saturated heterocycles. The van der Waals surface area contributed by atoms with E-state index in [0.717, 1.165) is 0 Å². The van der Waals surface area contributed by atoms with Crippen molar-refractivity contribution >= 4 is 11.8 Å². The van der Waals surface area contributed by atoms with E-state index in [1.54, 1.807) is 48.5 Å². The molecule has 2 rings (SSSR count). The van der Waals surface area contributed by atoms with E-state index in [4.69, 9.17) is 0 Å². The van der Waals surface area contributed by atoms with Crippen molar-refractivity contribution in [1.29, 1.82) is 0 Å². The molecule has 2 aromatic rings.